The van der Waals surface area contributed by atoms with Gasteiger partial charge in [0.2, 0.25) is 0 Å². The maximum absolute atomic E-state index is 11.0. The third-order valence-corrected chi connectivity index (χ3v) is 3.16. The van der Waals surface area contributed by atoms with Gasteiger partial charge in [0.05, 0.1) is 4.88 Å². The molecule has 0 aliphatic rings. The largest absolute Gasteiger partial charge is 0.288 e. The number of carbonyl (C=O) groups is 1. The fraction of sp³-hybridized carbons (Fsp3) is 0.500. The monoisotopic (exact) mass is 213 g/mol. The Kier molecular flexibility index (Phi) is 4.62. The number of aryl methyl sites for hydroxylation is 1. The molecule has 1 aromatic heterocycles. The normalized spacial score (nSPS) is 10.1. The summed E-state index contributed by atoms with van der Waals surface area (Å²) in [6.07, 6.45) is 4.61. The minimum atomic E-state index is -0.420. The highest BCUT2D eigenvalue weighted by Gasteiger charge is 2.07. The van der Waals surface area contributed by atoms with Crippen LogP contribution in [0, 0.1) is 0 Å². The van der Waals surface area contributed by atoms with Gasteiger partial charge >= 0.3 is 0 Å². The molecule has 14 heavy (non-hydrogen) atoms. The third-order valence-electron chi connectivity index (χ3n) is 2.01. The number of hydroxylamine groups is 1. The zero-order valence-corrected chi connectivity index (χ0v) is 9.06. The van der Waals surface area contributed by atoms with Crippen LogP contribution >= 0.6 is 11.3 Å². The molecule has 0 fully saturated rings. The Morgan fingerprint density at radius 3 is 2.93 bits per heavy atom. The summed E-state index contributed by atoms with van der Waals surface area (Å²) >= 11 is 1.44. The molecule has 2 N–H and O–H groups in total. The van der Waals surface area contributed by atoms with E-state index in [4.69, 9.17) is 5.21 Å². The van der Waals surface area contributed by atoms with Crippen molar-refractivity contribution in [2.75, 3.05) is 0 Å². The van der Waals surface area contributed by atoms with Crippen LogP contribution in [0.15, 0.2) is 12.1 Å². The average molecular weight is 213 g/mol. The van der Waals surface area contributed by atoms with Crippen LogP contribution in [0.25, 0.3) is 0 Å². The van der Waals surface area contributed by atoms with E-state index >= 15 is 0 Å². The second-order valence-corrected chi connectivity index (χ2v) is 4.33. The summed E-state index contributed by atoms with van der Waals surface area (Å²) in [5, 5.41) is 8.42. The number of hydrogen-bond donors (Lipinski definition) is 2. The van der Waals surface area contributed by atoms with Crippen molar-refractivity contribution < 1.29 is 10.0 Å². The maximum Gasteiger partial charge on any atom is 0.284 e. The van der Waals surface area contributed by atoms with Crippen molar-refractivity contribution in [3.63, 3.8) is 0 Å². The molecule has 0 spiro atoms. The lowest BCUT2D eigenvalue weighted by atomic mass is 10.2. The van der Waals surface area contributed by atoms with Crippen LogP contribution in [0.5, 0.6) is 0 Å². The van der Waals surface area contributed by atoms with E-state index in [1.165, 1.54) is 29.1 Å². The molecule has 4 heteroatoms. The summed E-state index contributed by atoms with van der Waals surface area (Å²) < 4.78 is 0. The van der Waals surface area contributed by atoms with Crippen molar-refractivity contribution in [2.45, 2.75) is 32.6 Å². The number of thiophene rings is 1. The number of nitrogens with one attached hydrogen (secondary N) is 1. The van der Waals surface area contributed by atoms with Crippen molar-refractivity contribution in [3.05, 3.63) is 21.9 Å². The van der Waals surface area contributed by atoms with Crippen molar-refractivity contribution >= 4 is 17.2 Å². The first kappa shape index (κ1) is 11.2. The highest BCUT2D eigenvalue weighted by molar-refractivity contribution is 7.14. The van der Waals surface area contributed by atoms with Crippen LogP contribution in [0.4, 0.5) is 0 Å². The number of hydrogen-bond acceptors (Lipinski definition) is 3. The highest BCUT2D eigenvalue weighted by atomic mass is 32.1. The molecule has 0 radical (unpaired) electrons. The Labute approximate surface area is 87.7 Å². The first-order valence-electron chi connectivity index (χ1n) is 4.81. The van der Waals surface area contributed by atoms with Crippen LogP contribution < -0.4 is 5.48 Å². The van der Waals surface area contributed by atoms with Gasteiger partial charge in [0.25, 0.3) is 5.91 Å². The SMILES string of the molecule is CCCCCc1ccc(C(=O)NO)s1. The van der Waals surface area contributed by atoms with E-state index in [2.05, 4.69) is 6.92 Å². The molecule has 0 aromatic carbocycles. The zero-order chi connectivity index (χ0) is 10.4. The van der Waals surface area contributed by atoms with Gasteiger partial charge in [-0.1, -0.05) is 19.8 Å². The minimum absolute atomic E-state index is 0.420. The van der Waals surface area contributed by atoms with Crippen LogP contribution in [0.2, 0.25) is 0 Å². The molecule has 1 heterocycles. The van der Waals surface area contributed by atoms with Gasteiger partial charge in [0, 0.05) is 4.88 Å². The smallest absolute Gasteiger partial charge is 0.284 e. The van der Waals surface area contributed by atoms with Gasteiger partial charge in [0.1, 0.15) is 0 Å². The molecular formula is C10H15NO2S. The first-order valence-corrected chi connectivity index (χ1v) is 5.62. The van der Waals surface area contributed by atoms with E-state index in [1.807, 2.05) is 6.07 Å². The number of rotatable bonds is 5. The van der Waals surface area contributed by atoms with E-state index in [-0.39, 0.29) is 0 Å². The average Bonchev–Trinajstić information content (AvgIpc) is 2.66. The predicted molar refractivity (Wildman–Crippen MR) is 56.8 cm³/mol. The molecule has 0 bridgehead atoms. The lowest BCUT2D eigenvalue weighted by Crippen LogP contribution is -2.16. The van der Waals surface area contributed by atoms with Gasteiger partial charge in [-0.3, -0.25) is 10.0 Å². The molecule has 1 amide bonds. The molecule has 1 aromatic rings. The molecule has 0 atom stereocenters. The molecule has 1 rings (SSSR count). The summed E-state index contributed by atoms with van der Waals surface area (Å²) in [6, 6.07) is 3.70. The summed E-state index contributed by atoms with van der Waals surface area (Å²) in [6.45, 7) is 2.17. The topological polar surface area (TPSA) is 49.3 Å². The van der Waals surface area contributed by atoms with Gasteiger partial charge in [-0.15, -0.1) is 11.3 Å². The lowest BCUT2D eigenvalue weighted by Gasteiger charge is -1.95. The lowest BCUT2D eigenvalue weighted by molar-refractivity contribution is 0.0711. The van der Waals surface area contributed by atoms with E-state index in [0.717, 1.165) is 12.8 Å². The molecule has 0 aliphatic heterocycles. The van der Waals surface area contributed by atoms with Crippen LogP contribution in [-0.2, 0) is 6.42 Å². The summed E-state index contributed by atoms with van der Waals surface area (Å²) in [5.41, 5.74) is 1.63. The molecule has 0 saturated heterocycles. The fourth-order valence-corrected chi connectivity index (χ4v) is 2.18. The van der Waals surface area contributed by atoms with Crippen LogP contribution in [-0.4, -0.2) is 11.1 Å². The van der Waals surface area contributed by atoms with Crippen molar-refractivity contribution in [2.24, 2.45) is 0 Å². The Morgan fingerprint density at radius 1 is 1.50 bits per heavy atom. The van der Waals surface area contributed by atoms with Crippen molar-refractivity contribution in [1.29, 1.82) is 0 Å². The van der Waals surface area contributed by atoms with Crippen molar-refractivity contribution in [3.8, 4) is 0 Å². The van der Waals surface area contributed by atoms with Gasteiger partial charge < -0.3 is 0 Å². The summed E-state index contributed by atoms with van der Waals surface area (Å²) in [7, 11) is 0. The molecule has 0 aliphatic carbocycles. The quantitative estimate of drug-likeness (QED) is 0.448. The van der Waals surface area contributed by atoms with Crippen molar-refractivity contribution in [1.82, 2.24) is 5.48 Å². The molecule has 3 nitrogen and oxygen atoms in total. The van der Waals surface area contributed by atoms with Gasteiger partial charge in [-0.2, -0.15) is 0 Å². The van der Waals surface area contributed by atoms with Gasteiger partial charge in [0.15, 0.2) is 0 Å². The Bertz CT molecular complexity index is 296. The Balaban J connectivity index is 2.46. The molecule has 0 unspecified atom stereocenters. The number of amides is 1. The molecular weight excluding hydrogens is 198 g/mol. The Hall–Kier alpha value is -0.870. The van der Waals surface area contributed by atoms with E-state index < -0.39 is 5.91 Å². The molecule has 78 valence electrons. The second-order valence-electron chi connectivity index (χ2n) is 3.16. The first-order chi connectivity index (χ1) is 6.77. The van der Waals surface area contributed by atoms with E-state index in [0.29, 0.717) is 4.88 Å². The number of carbonyl (C=O) groups excluding carboxylic acids is 1. The fourth-order valence-electron chi connectivity index (χ4n) is 1.24. The predicted octanol–water partition coefficient (Wildman–Crippen LogP) is 2.60. The standard InChI is InChI=1S/C10H15NO2S/c1-2-3-4-5-8-6-7-9(14-8)10(12)11-13/h6-7,13H,2-5H2,1H3,(H,11,12). The maximum atomic E-state index is 11.0. The summed E-state index contributed by atoms with van der Waals surface area (Å²) in [5.74, 6) is -0.420. The second kappa shape index (κ2) is 5.78. The van der Waals surface area contributed by atoms with Gasteiger partial charge in [-0.25, -0.2) is 5.48 Å². The Morgan fingerprint density at radius 2 is 2.29 bits per heavy atom. The highest BCUT2D eigenvalue weighted by Crippen LogP contribution is 2.18. The van der Waals surface area contributed by atoms with Crippen LogP contribution in [0.3, 0.4) is 0 Å². The van der Waals surface area contributed by atoms with E-state index in [1.54, 1.807) is 11.5 Å². The van der Waals surface area contributed by atoms with E-state index in [9.17, 15) is 4.79 Å². The van der Waals surface area contributed by atoms with Crippen LogP contribution in [0.1, 0.15) is 40.7 Å². The summed E-state index contributed by atoms with van der Waals surface area (Å²) in [4.78, 5) is 12.8. The molecule has 0 saturated carbocycles. The minimum Gasteiger partial charge on any atom is -0.288 e. The third kappa shape index (κ3) is 3.12. The van der Waals surface area contributed by atoms with Gasteiger partial charge in [-0.05, 0) is 25.0 Å². The zero-order valence-electron chi connectivity index (χ0n) is 8.25. The number of unbranched alkanes of at least 4 members (excludes halogenated alkanes) is 2.